The van der Waals surface area contributed by atoms with Crippen molar-refractivity contribution in [1.29, 1.82) is 0 Å². The number of carbonyl (C=O) groups excluding carboxylic acids is 4. The van der Waals surface area contributed by atoms with Crippen molar-refractivity contribution in [3.05, 3.63) is 12.2 Å². The van der Waals surface area contributed by atoms with Gasteiger partial charge < -0.3 is 20.3 Å². The Morgan fingerprint density at radius 1 is 1.18 bits per heavy atom. The average molecular weight is 589 g/mol. The van der Waals surface area contributed by atoms with Crippen LogP contribution in [0.25, 0.3) is 0 Å². The number of hydrogen-bond acceptors (Lipinski definition) is 7. The second-order valence-electron chi connectivity index (χ2n) is 11.8. The Morgan fingerprint density at radius 2 is 1.88 bits per heavy atom. The van der Waals surface area contributed by atoms with Crippen LogP contribution in [0.3, 0.4) is 0 Å². The molecule has 3 N–H and O–H groups in total. The van der Waals surface area contributed by atoms with Gasteiger partial charge in [-0.1, -0.05) is 19.1 Å². The van der Waals surface area contributed by atoms with E-state index in [2.05, 4.69) is 15.4 Å². The number of halogens is 2. The molecule has 0 aromatic carbocycles. The van der Waals surface area contributed by atoms with Gasteiger partial charge >= 0.3 is 6.09 Å². The van der Waals surface area contributed by atoms with Crippen molar-refractivity contribution in [2.24, 2.45) is 11.8 Å². The van der Waals surface area contributed by atoms with Crippen LogP contribution >= 0.6 is 0 Å². The summed E-state index contributed by atoms with van der Waals surface area (Å²) in [6.45, 7) is 5.18. The minimum absolute atomic E-state index is 0.0385. The van der Waals surface area contributed by atoms with Gasteiger partial charge in [0.2, 0.25) is 27.8 Å². The molecule has 4 aliphatic rings. The number of rotatable bonds is 5. The first kappa shape index (κ1) is 30.2. The number of carbonyl (C=O) groups is 4. The van der Waals surface area contributed by atoms with E-state index in [-0.39, 0.29) is 38.1 Å². The Hall–Kier alpha value is -2.77. The fourth-order valence-electron chi connectivity index (χ4n) is 5.39. The highest BCUT2D eigenvalue weighted by molar-refractivity contribution is 7.91. The van der Waals surface area contributed by atoms with Crippen LogP contribution in [-0.4, -0.2) is 78.6 Å². The lowest BCUT2D eigenvalue weighted by Gasteiger charge is -2.30. The highest BCUT2D eigenvalue weighted by Gasteiger charge is 2.62. The van der Waals surface area contributed by atoms with Gasteiger partial charge in [0.1, 0.15) is 17.6 Å². The van der Waals surface area contributed by atoms with E-state index in [0.717, 1.165) is 0 Å². The molecule has 40 heavy (non-hydrogen) atoms. The highest BCUT2D eigenvalue weighted by Crippen LogP contribution is 2.46. The van der Waals surface area contributed by atoms with Crippen molar-refractivity contribution in [2.45, 2.75) is 107 Å². The summed E-state index contributed by atoms with van der Waals surface area (Å²) in [6, 6.07) is -2.39. The van der Waals surface area contributed by atoms with Crippen LogP contribution < -0.4 is 15.4 Å². The summed E-state index contributed by atoms with van der Waals surface area (Å²) in [7, 11) is -3.90. The smallest absolute Gasteiger partial charge is 0.408 e. The van der Waals surface area contributed by atoms with Crippen molar-refractivity contribution in [3.63, 3.8) is 0 Å². The molecule has 2 aliphatic carbocycles. The number of alkyl carbamates (subject to hydrolysis) is 1. The Kier molecular flexibility index (Phi) is 8.49. The van der Waals surface area contributed by atoms with Gasteiger partial charge in [-0.2, -0.15) is 0 Å². The molecule has 11 nitrogen and oxygen atoms in total. The molecule has 224 valence electrons. The van der Waals surface area contributed by atoms with E-state index in [1.807, 2.05) is 6.92 Å². The Labute approximate surface area is 232 Å². The zero-order valence-corrected chi connectivity index (χ0v) is 23.8. The van der Waals surface area contributed by atoms with Crippen molar-refractivity contribution in [2.75, 3.05) is 6.54 Å². The van der Waals surface area contributed by atoms with Gasteiger partial charge in [0.25, 0.3) is 5.91 Å². The van der Waals surface area contributed by atoms with Crippen molar-refractivity contribution in [1.82, 2.24) is 20.3 Å². The molecule has 4 rings (SSSR count). The van der Waals surface area contributed by atoms with E-state index in [9.17, 15) is 36.4 Å². The van der Waals surface area contributed by atoms with Gasteiger partial charge in [-0.3, -0.25) is 19.1 Å². The average Bonchev–Trinajstić information content (AvgIpc) is 3.76. The molecular formula is C26H38F2N4O7S. The van der Waals surface area contributed by atoms with E-state index in [0.29, 0.717) is 12.8 Å². The molecule has 0 aromatic heterocycles. The zero-order valence-electron chi connectivity index (χ0n) is 23.0. The molecule has 0 spiro atoms. The number of hydrogen-bond donors (Lipinski definition) is 3. The number of allylic oxidation sites excluding steroid dienone is 1. The van der Waals surface area contributed by atoms with Crippen LogP contribution in [0.1, 0.15) is 72.1 Å². The summed E-state index contributed by atoms with van der Waals surface area (Å²) < 4.78 is 61.7. The third-order valence-corrected chi connectivity index (χ3v) is 9.66. The molecule has 5 atom stereocenters. The van der Waals surface area contributed by atoms with E-state index in [1.54, 1.807) is 19.9 Å². The standard InChI is InChI=1S/C26H38F2N4O7S/c1-15(2)39-24(36)29-19-9-11-25(27,28)10-5-4-6-17-13-26(17,23(35)31-40(37,38)18-7-8-18)30-21(33)20-12-16(3)14-32(20)22(19)34/h4,6,15-20H,5,7-14H2,1-3H3,(H,29,36)(H,30,33)(H,31,35)/b6-4-/t16-,17-,19+,20+,26-/m1/s1. The molecule has 3 fully saturated rings. The minimum Gasteiger partial charge on any atom is -0.447 e. The molecule has 1 saturated heterocycles. The van der Waals surface area contributed by atoms with Gasteiger partial charge in [0.05, 0.1) is 11.4 Å². The summed E-state index contributed by atoms with van der Waals surface area (Å²) in [5.74, 6) is -6.08. The third-order valence-electron chi connectivity index (χ3n) is 7.84. The normalized spacial score (nSPS) is 33.5. The topological polar surface area (TPSA) is 151 Å². The molecule has 0 aromatic rings. The lowest BCUT2D eigenvalue weighted by atomic mass is 10.0. The van der Waals surface area contributed by atoms with Crippen LogP contribution in [-0.2, 0) is 29.1 Å². The van der Waals surface area contributed by atoms with Crippen molar-refractivity contribution >= 4 is 33.8 Å². The van der Waals surface area contributed by atoms with Gasteiger partial charge in [-0.15, -0.1) is 0 Å². The first-order valence-electron chi connectivity index (χ1n) is 13.8. The van der Waals surface area contributed by atoms with Gasteiger partial charge in [-0.25, -0.2) is 22.0 Å². The number of amides is 4. The van der Waals surface area contributed by atoms with E-state index in [4.69, 9.17) is 4.74 Å². The van der Waals surface area contributed by atoms with Crippen LogP contribution in [0.5, 0.6) is 0 Å². The fraction of sp³-hybridized carbons (Fsp3) is 0.769. The summed E-state index contributed by atoms with van der Waals surface area (Å²) in [6.07, 6.45) is 1.24. The van der Waals surface area contributed by atoms with E-state index < -0.39 is 87.5 Å². The van der Waals surface area contributed by atoms with E-state index in [1.165, 1.54) is 11.0 Å². The maximum Gasteiger partial charge on any atom is 0.408 e. The van der Waals surface area contributed by atoms with Crippen LogP contribution in [0.2, 0.25) is 0 Å². The highest BCUT2D eigenvalue weighted by atomic mass is 32.2. The maximum atomic E-state index is 14.8. The van der Waals surface area contributed by atoms with Crippen molar-refractivity contribution < 1.29 is 41.1 Å². The number of nitrogens with zero attached hydrogens (tertiary/aromatic N) is 1. The monoisotopic (exact) mass is 588 g/mol. The molecule has 2 heterocycles. The molecule has 0 unspecified atom stereocenters. The van der Waals surface area contributed by atoms with Gasteiger partial charge in [0.15, 0.2) is 0 Å². The van der Waals surface area contributed by atoms with Gasteiger partial charge in [-0.05, 0) is 58.3 Å². The number of sulfonamides is 1. The Balaban J connectivity index is 1.62. The van der Waals surface area contributed by atoms with E-state index >= 15 is 0 Å². The predicted molar refractivity (Wildman–Crippen MR) is 139 cm³/mol. The molecule has 2 aliphatic heterocycles. The second-order valence-corrected chi connectivity index (χ2v) is 13.8. The largest absolute Gasteiger partial charge is 0.447 e. The predicted octanol–water partition coefficient (Wildman–Crippen LogP) is 1.98. The second kappa shape index (κ2) is 11.2. The number of fused-ring (bicyclic) bond motifs is 2. The fourth-order valence-corrected chi connectivity index (χ4v) is 6.75. The Bertz CT molecular complexity index is 1170. The first-order chi connectivity index (χ1) is 18.6. The summed E-state index contributed by atoms with van der Waals surface area (Å²) >= 11 is 0. The molecule has 0 bridgehead atoms. The minimum atomic E-state index is -3.90. The lowest BCUT2D eigenvalue weighted by molar-refractivity contribution is -0.141. The molecule has 2 saturated carbocycles. The maximum absolute atomic E-state index is 14.8. The summed E-state index contributed by atoms with van der Waals surface area (Å²) in [4.78, 5) is 54.0. The summed E-state index contributed by atoms with van der Waals surface area (Å²) in [5.41, 5.74) is -1.57. The SMILES string of the molecule is CC(C)OC(=O)N[C@H]1CCC(F)(F)CC/C=C\[C@@H]2C[C@@]2(C(=O)NS(=O)(=O)C2CC2)NC(=O)[C@@H]2C[C@@H](C)CN2C1=O. The first-order valence-corrected chi connectivity index (χ1v) is 15.4. The summed E-state index contributed by atoms with van der Waals surface area (Å²) in [5, 5.41) is 4.45. The molecule has 0 radical (unpaired) electrons. The molecule has 14 heteroatoms. The third kappa shape index (κ3) is 6.92. The van der Waals surface area contributed by atoms with Crippen molar-refractivity contribution in [3.8, 4) is 0 Å². The lowest BCUT2D eigenvalue weighted by Crippen LogP contribution is -2.58. The zero-order chi connectivity index (χ0) is 29.5. The number of alkyl halides is 2. The van der Waals surface area contributed by atoms with Crippen LogP contribution in [0.4, 0.5) is 13.6 Å². The Morgan fingerprint density at radius 3 is 2.52 bits per heavy atom. The van der Waals surface area contributed by atoms with Gasteiger partial charge in [0, 0.05) is 25.3 Å². The quantitative estimate of drug-likeness (QED) is 0.416. The molecular weight excluding hydrogens is 550 g/mol. The van der Waals surface area contributed by atoms with Crippen LogP contribution in [0.15, 0.2) is 12.2 Å². The molecule has 4 amide bonds. The number of ether oxygens (including phenoxy) is 1. The number of nitrogens with one attached hydrogen (secondary N) is 3. The van der Waals surface area contributed by atoms with Crippen LogP contribution in [0, 0.1) is 11.8 Å².